The molecule has 8 nitrogen and oxygen atoms in total. The van der Waals surface area contributed by atoms with Gasteiger partial charge >= 0.3 is 13.4 Å². The highest BCUT2D eigenvalue weighted by Gasteiger charge is 2.48. The van der Waals surface area contributed by atoms with Gasteiger partial charge in [0, 0.05) is 61.8 Å². The van der Waals surface area contributed by atoms with Gasteiger partial charge in [0.25, 0.3) is 11.1 Å². The Hall–Kier alpha value is -8.44. The maximum atomic E-state index is 15.9. The first-order valence-electron chi connectivity index (χ1n) is 25.5. The van der Waals surface area contributed by atoms with Crippen molar-refractivity contribution >= 4 is 68.1 Å². The van der Waals surface area contributed by atoms with E-state index in [9.17, 15) is 14.4 Å². The number of fused-ring (bicyclic) bond motifs is 8. The summed E-state index contributed by atoms with van der Waals surface area (Å²) in [6.45, 7) is 3.90. The lowest BCUT2D eigenvalue weighted by Crippen LogP contribution is -2.31. The summed E-state index contributed by atoms with van der Waals surface area (Å²) in [4.78, 5) is 45.5. The summed E-state index contributed by atoms with van der Waals surface area (Å²) in [5, 5.41) is 4.07. The van der Waals surface area contributed by atoms with Crippen LogP contribution in [0.15, 0.2) is 171 Å². The summed E-state index contributed by atoms with van der Waals surface area (Å²) in [6, 6.07) is 44.4. The number of carbonyl (C=O) groups is 1. The molecule has 0 radical (unpaired) electrons. The number of nitrogens with one attached hydrogen (secondary N) is 1. The normalized spacial score (nSPS) is 14.9. The number of allylic oxidation sites excluding steroid dienone is 2. The number of benzene rings is 7. The van der Waals surface area contributed by atoms with Gasteiger partial charge in [0.15, 0.2) is 11.4 Å². The Kier molecular flexibility index (Phi) is 11.0. The van der Waals surface area contributed by atoms with Gasteiger partial charge in [0.1, 0.15) is 16.9 Å². The van der Waals surface area contributed by atoms with Crippen LogP contribution < -0.4 is 15.9 Å². The van der Waals surface area contributed by atoms with Crippen molar-refractivity contribution in [1.29, 1.82) is 0 Å². The first-order chi connectivity index (χ1) is 36.1. The average molecular weight is 977 g/mol. The number of para-hydroxylation sites is 1. The Labute approximate surface area is 425 Å². The van der Waals surface area contributed by atoms with E-state index in [2.05, 4.69) is 29.2 Å². The molecule has 74 heavy (non-hydrogen) atoms. The number of aryl methyl sites for hydroxylation is 6. The van der Waals surface area contributed by atoms with Crippen LogP contribution in [0, 0.1) is 13.8 Å². The van der Waals surface area contributed by atoms with E-state index in [0.717, 1.165) is 115 Å². The van der Waals surface area contributed by atoms with Crippen molar-refractivity contribution in [3.05, 3.63) is 228 Å². The van der Waals surface area contributed by atoms with Crippen molar-refractivity contribution in [2.24, 2.45) is 0 Å². The van der Waals surface area contributed by atoms with E-state index in [0.29, 0.717) is 69.4 Å². The van der Waals surface area contributed by atoms with E-state index in [1.807, 2.05) is 105 Å². The second-order valence-electron chi connectivity index (χ2n) is 20.0. The predicted molar refractivity (Wildman–Crippen MR) is 290 cm³/mol. The molecule has 10 aromatic rings. The average Bonchev–Trinajstić information content (AvgIpc) is 3.89. The third kappa shape index (κ3) is 7.47. The predicted octanol–water partition coefficient (Wildman–Crippen LogP) is 13.3. The van der Waals surface area contributed by atoms with E-state index in [1.54, 1.807) is 30.3 Å². The van der Waals surface area contributed by atoms with Crippen LogP contribution in [-0.4, -0.2) is 33.1 Å². The summed E-state index contributed by atoms with van der Waals surface area (Å²) in [7, 11) is -2.81. The molecule has 1 N–H and O–H groups in total. The van der Waals surface area contributed by atoms with Gasteiger partial charge in [-0.3, -0.25) is 14.4 Å². The molecular formula is C63H49BF2N3O5+. The molecule has 3 aliphatic rings. The molecule has 13 rings (SSSR count). The zero-order valence-corrected chi connectivity index (χ0v) is 41.0. The largest absolute Gasteiger partial charge is 0.935 e. The first-order valence-corrected chi connectivity index (χ1v) is 25.5. The standard InChI is InChI=1S/C63H48BF2N3O5/c1-36-32-44(73-55(70)23-9-12-38-24-26-43(27-25-38)68-62(71)49-29-28-48-47-21-7-8-22-53(47)74-54-31-30-50(63(68)72)57(49)58(48)54)33-37(2)56(36)59(51-34-41-17-10-15-39-13-3-5-19-45(39)60(41)67-51)52-35-42-18-11-16-40-14-4-6-20-46(40)61(42)69(52)64(65)66/h3-8,13-14,19-22,24-35H,9-12,15-18,23H2,1-2H3/p+1. The summed E-state index contributed by atoms with van der Waals surface area (Å²) in [5.74, 6) is -0.00645. The molecule has 11 heteroatoms. The lowest BCUT2D eigenvalue weighted by atomic mass is 9.90. The summed E-state index contributed by atoms with van der Waals surface area (Å²) < 4.78 is 46.5. The van der Waals surface area contributed by atoms with Gasteiger partial charge in [-0.05, 0) is 170 Å². The van der Waals surface area contributed by atoms with Gasteiger partial charge in [0.05, 0.1) is 17.0 Å². The molecular weight excluding hydrogens is 928 g/mol. The molecule has 0 unspecified atom stereocenters. The zero-order valence-electron chi connectivity index (χ0n) is 41.0. The number of H-pyrrole nitrogens is 1. The van der Waals surface area contributed by atoms with Crippen molar-refractivity contribution in [2.45, 2.75) is 71.6 Å². The van der Waals surface area contributed by atoms with Crippen LogP contribution in [0.3, 0.4) is 0 Å². The van der Waals surface area contributed by atoms with Crippen LogP contribution in [0.5, 0.6) is 5.75 Å². The van der Waals surface area contributed by atoms with Gasteiger partial charge in [-0.25, -0.2) is 17.7 Å². The number of rotatable bonds is 9. The molecule has 0 atom stereocenters. The van der Waals surface area contributed by atoms with E-state index >= 15 is 8.63 Å². The molecule has 2 aliphatic carbocycles. The molecule has 0 saturated carbocycles. The molecule has 0 bridgehead atoms. The lowest BCUT2D eigenvalue weighted by Gasteiger charge is -2.17. The van der Waals surface area contributed by atoms with Crippen LogP contribution in [-0.2, 0) is 30.5 Å². The van der Waals surface area contributed by atoms with Gasteiger partial charge in [-0.1, -0.05) is 78.9 Å². The Morgan fingerprint density at radius 2 is 1.34 bits per heavy atom. The number of aromatic nitrogens is 2. The maximum absolute atomic E-state index is 15.9. The molecule has 0 saturated heterocycles. The van der Waals surface area contributed by atoms with Crippen LogP contribution in [0.2, 0.25) is 0 Å². The maximum Gasteiger partial charge on any atom is 0.935 e. The molecule has 0 amide bonds. The Balaban J connectivity index is 0.778. The molecule has 3 aromatic heterocycles. The second-order valence-corrected chi connectivity index (χ2v) is 20.0. The Morgan fingerprint density at radius 3 is 2.09 bits per heavy atom. The number of pyridine rings is 1. The Morgan fingerprint density at radius 1 is 0.689 bits per heavy atom. The molecule has 7 aromatic carbocycles. The third-order valence-corrected chi connectivity index (χ3v) is 15.5. The molecule has 1 aliphatic heterocycles. The fourth-order valence-corrected chi connectivity index (χ4v) is 12.2. The van der Waals surface area contributed by atoms with Gasteiger partial charge in [0.2, 0.25) is 0 Å². The number of aromatic amines is 1. The minimum atomic E-state index is -2.81. The fraction of sp³-hybridized carbons (Fsp3) is 0.175. The highest BCUT2D eigenvalue weighted by Crippen LogP contribution is 2.43. The number of hydrogen-bond donors (Lipinski definition) is 1. The van der Waals surface area contributed by atoms with Crippen LogP contribution in [0.1, 0.15) is 82.3 Å². The van der Waals surface area contributed by atoms with E-state index in [-0.39, 0.29) is 6.42 Å². The fourth-order valence-electron chi connectivity index (χ4n) is 12.2. The van der Waals surface area contributed by atoms with Crippen LogP contribution >= 0.6 is 0 Å². The number of hydrogen-bond acceptors (Lipinski definition) is 5. The lowest BCUT2D eigenvalue weighted by molar-refractivity contribution is -0.340. The van der Waals surface area contributed by atoms with Gasteiger partial charge < -0.3 is 14.1 Å². The third-order valence-electron chi connectivity index (χ3n) is 15.5. The van der Waals surface area contributed by atoms with Crippen molar-refractivity contribution in [2.75, 3.05) is 0 Å². The smallest absolute Gasteiger partial charge is 0.456 e. The second kappa shape index (κ2) is 17.9. The highest BCUT2D eigenvalue weighted by molar-refractivity contribution is 6.36. The monoisotopic (exact) mass is 976 g/mol. The molecule has 362 valence electrons. The minimum Gasteiger partial charge on any atom is -0.456 e. The summed E-state index contributed by atoms with van der Waals surface area (Å²) >= 11 is 0. The van der Waals surface area contributed by atoms with Gasteiger partial charge in [-0.15, -0.1) is 0 Å². The minimum absolute atomic E-state index is 0.144. The van der Waals surface area contributed by atoms with E-state index in [1.165, 1.54) is 14.6 Å². The number of halogens is 2. The molecule has 4 heterocycles. The topological polar surface area (TPSA) is 97.3 Å². The number of ether oxygens (including phenoxy) is 1. The molecule has 0 spiro atoms. The molecule has 0 fully saturated rings. The summed E-state index contributed by atoms with van der Waals surface area (Å²) in [6.07, 6.45) is 8.33. The van der Waals surface area contributed by atoms with Crippen LogP contribution in [0.4, 0.5) is 8.63 Å². The number of carbonyl (C=O) groups excluding carboxylic acids is 1. The van der Waals surface area contributed by atoms with Crippen molar-refractivity contribution < 1.29 is 27.1 Å². The van der Waals surface area contributed by atoms with Crippen LogP contribution in [0.25, 0.3) is 66.0 Å². The zero-order chi connectivity index (χ0) is 50.4. The first kappa shape index (κ1) is 45.4. The quantitative estimate of drug-likeness (QED) is 0.0511. The highest BCUT2D eigenvalue weighted by atomic mass is 19.2. The summed E-state index contributed by atoms with van der Waals surface area (Å²) in [5.41, 5.74) is 14.2. The van der Waals surface area contributed by atoms with E-state index in [4.69, 9.17) is 9.15 Å². The van der Waals surface area contributed by atoms with Gasteiger partial charge in [-0.2, -0.15) is 0 Å². The van der Waals surface area contributed by atoms with Crippen molar-refractivity contribution in [3.8, 4) is 22.7 Å². The van der Waals surface area contributed by atoms with Crippen molar-refractivity contribution in [1.82, 2.24) is 9.55 Å². The SMILES string of the molecule is Cc1cc(OC(=O)CCCc2ccc(-n3c(=O)c4ccc5oc6ccccc6c6ccc(c3=O)c4c56)cc2)cc(C)c1/C(=C1\C=C2CCCc3ccccc3C2=[N+]1B(F)F)c1cc2c([nH]1)-c1ccccc1CCC2. The number of esters is 1. The van der Waals surface area contributed by atoms with Crippen molar-refractivity contribution in [3.63, 3.8) is 0 Å². The Bertz CT molecular complexity index is 4160. The number of nitrogens with zero attached hydrogens (tertiary/aromatic N) is 2. The van der Waals surface area contributed by atoms with E-state index < -0.39 is 24.5 Å².